The Morgan fingerprint density at radius 2 is 1.48 bits per heavy atom. The molecule has 0 saturated carbocycles. The summed E-state index contributed by atoms with van der Waals surface area (Å²) < 4.78 is 29.2. The number of pyridine rings is 1. The number of aromatic nitrogens is 2. The summed E-state index contributed by atoms with van der Waals surface area (Å²) in [5, 5.41) is 0.741. The summed E-state index contributed by atoms with van der Waals surface area (Å²) in [5.74, 6) is 0.744. The highest BCUT2D eigenvalue weighted by atomic mass is 32.2. The molecule has 5 aromatic rings. The Balaban J connectivity index is 1.30. The number of carbonyl (C=O) groups excluding carboxylic acids is 1. The lowest BCUT2D eigenvalue weighted by molar-refractivity contribution is 0.0702. The number of ketones is 1. The van der Waals surface area contributed by atoms with E-state index in [1.165, 1.54) is 27.9 Å². The maximum atomic E-state index is 14.0. The van der Waals surface area contributed by atoms with E-state index in [4.69, 9.17) is 4.98 Å². The first-order valence-corrected chi connectivity index (χ1v) is 17.5. The number of rotatable bonds is 7. The summed E-state index contributed by atoms with van der Waals surface area (Å²) in [6, 6.07) is 23.1. The third-order valence-corrected chi connectivity index (χ3v) is 11.5. The molecule has 2 aliphatic rings. The molecule has 0 aliphatic carbocycles. The van der Waals surface area contributed by atoms with Crippen LogP contribution >= 0.6 is 0 Å². The van der Waals surface area contributed by atoms with Crippen LogP contribution in [0, 0.1) is 19.8 Å². The number of hydrogen-bond donors (Lipinski definition) is 0. The molecule has 0 atom stereocenters. The largest absolute Gasteiger partial charge is 0.306 e. The summed E-state index contributed by atoms with van der Waals surface area (Å²) in [7, 11) is 0.283. The Morgan fingerprint density at radius 1 is 0.804 bits per heavy atom. The van der Waals surface area contributed by atoms with Gasteiger partial charge < -0.3 is 9.80 Å². The van der Waals surface area contributed by atoms with Crippen LogP contribution < -0.4 is 0 Å². The minimum Gasteiger partial charge on any atom is -0.306 e. The molecule has 0 unspecified atom stereocenters. The molecule has 2 saturated heterocycles. The monoisotopic (exact) mass is 632 g/mol. The topological polar surface area (TPSA) is 75.5 Å². The van der Waals surface area contributed by atoms with Gasteiger partial charge in [0.25, 0.3) is 10.0 Å². The second-order valence-electron chi connectivity index (χ2n) is 13.3. The van der Waals surface area contributed by atoms with Crippen molar-refractivity contribution in [2.75, 3.05) is 40.3 Å². The van der Waals surface area contributed by atoms with E-state index >= 15 is 0 Å². The summed E-state index contributed by atoms with van der Waals surface area (Å²) in [6.07, 6.45) is 5.77. The molecule has 7 rings (SSSR count). The van der Waals surface area contributed by atoms with E-state index in [2.05, 4.69) is 42.0 Å². The molecule has 0 N–H and O–H groups in total. The fourth-order valence-electron chi connectivity index (χ4n) is 7.02. The summed E-state index contributed by atoms with van der Waals surface area (Å²) >= 11 is 0. The minimum absolute atomic E-state index is 0.0264. The molecule has 0 amide bonds. The lowest BCUT2D eigenvalue weighted by atomic mass is 9.86. The zero-order valence-corrected chi connectivity index (χ0v) is 27.7. The maximum Gasteiger partial charge on any atom is 0.269 e. The Bertz CT molecular complexity index is 2030. The standard InChI is InChI=1S/C38H40N4O3S/c1-25-5-12-33(13-6-25)46(44,45)42-24-36(27-7-9-29(10-8-27)37(43)32-22-41(4)23-32)35-20-31(21-39-38(35)42)30-11-14-34(26(2)19-30)28-15-17-40(3)18-16-28/h5-14,19-21,24,28,32H,15-18,22-23H2,1-4H3. The predicted molar refractivity (Wildman–Crippen MR) is 184 cm³/mol. The Hall–Kier alpha value is -4.11. The van der Waals surface area contributed by atoms with Crippen LogP contribution in [-0.2, 0) is 10.0 Å². The lowest BCUT2D eigenvalue weighted by Crippen LogP contribution is -2.47. The van der Waals surface area contributed by atoms with E-state index in [-0.39, 0.29) is 16.6 Å². The van der Waals surface area contributed by atoms with Crippen molar-refractivity contribution in [2.24, 2.45) is 5.92 Å². The van der Waals surface area contributed by atoms with E-state index in [1.807, 2.05) is 44.3 Å². The van der Waals surface area contributed by atoms with Crippen molar-refractivity contribution in [3.05, 3.63) is 107 Å². The van der Waals surface area contributed by atoms with Gasteiger partial charge in [-0.2, -0.15) is 0 Å². The van der Waals surface area contributed by atoms with Gasteiger partial charge in [-0.05, 0) is 100 Å². The molecule has 0 bridgehead atoms. The quantitative estimate of drug-likeness (QED) is 0.184. The second kappa shape index (κ2) is 11.9. The van der Waals surface area contributed by atoms with Crippen molar-refractivity contribution in [2.45, 2.75) is 37.5 Å². The number of carbonyl (C=O) groups is 1. The number of fused-ring (bicyclic) bond motifs is 1. The summed E-state index contributed by atoms with van der Waals surface area (Å²) in [5.41, 5.74) is 8.27. The smallest absolute Gasteiger partial charge is 0.269 e. The average molecular weight is 633 g/mol. The second-order valence-corrected chi connectivity index (χ2v) is 15.1. The predicted octanol–water partition coefficient (Wildman–Crippen LogP) is 6.78. The molecular formula is C38H40N4O3S. The van der Waals surface area contributed by atoms with Gasteiger partial charge in [0.1, 0.15) is 0 Å². The van der Waals surface area contributed by atoms with Gasteiger partial charge in [0.15, 0.2) is 11.4 Å². The molecule has 8 heteroatoms. The number of hydrogen-bond acceptors (Lipinski definition) is 6. The molecule has 236 valence electrons. The molecule has 4 heterocycles. The van der Waals surface area contributed by atoms with Gasteiger partial charge in [-0.1, -0.05) is 60.2 Å². The molecule has 7 nitrogen and oxygen atoms in total. The van der Waals surface area contributed by atoms with Crippen LogP contribution in [0.2, 0.25) is 0 Å². The highest BCUT2D eigenvalue weighted by molar-refractivity contribution is 7.90. The molecular weight excluding hydrogens is 593 g/mol. The van der Waals surface area contributed by atoms with Crippen molar-refractivity contribution < 1.29 is 13.2 Å². The number of Topliss-reactive ketones (excluding diaryl/α,β-unsaturated/α-hetero) is 1. The van der Waals surface area contributed by atoms with Crippen LogP contribution in [0.1, 0.15) is 45.8 Å². The van der Waals surface area contributed by atoms with Crippen LogP contribution in [0.15, 0.2) is 90.1 Å². The van der Waals surface area contributed by atoms with Crippen molar-refractivity contribution in [3.63, 3.8) is 0 Å². The Labute approximate surface area is 271 Å². The van der Waals surface area contributed by atoms with E-state index in [9.17, 15) is 13.2 Å². The first-order chi connectivity index (χ1) is 22.1. The van der Waals surface area contributed by atoms with E-state index in [1.54, 1.807) is 36.7 Å². The minimum atomic E-state index is -3.92. The molecule has 3 aromatic carbocycles. The molecule has 0 radical (unpaired) electrons. The lowest BCUT2D eigenvalue weighted by Gasteiger charge is -2.34. The SMILES string of the molecule is Cc1ccc(S(=O)(=O)n2cc(-c3ccc(C(=O)C4CN(C)C4)cc3)c3cc(-c4ccc(C5CCN(C)CC5)c(C)c4)cnc32)cc1. The van der Waals surface area contributed by atoms with Gasteiger partial charge in [0, 0.05) is 53.5 Å². The van der Waals surface area contributed by atoms with Crippen LogP contribution in [0.5, 0.6) is 0 Å². The van der Waals surface area contributed by atoms with Gasteiger partial charge in [0.2, 0.25) is 0 Å². The number of piperidine rings is 1. The third kappa shape index (κ3) is 5.59. The van der Waals surface area contributed by atoms with E-state index in [0.29, 0.717) is 17.1 Å². The van der Waals surface area contributed by atoms with Crippen LogP contribution in [0.3, 0.4) is 0 Å². The van der Waals surface area contributed by atoms with E-state index < -0.39 is 10.0 Å². The van der Waals surface area contributed by atoms with Crippen molar-refractivity contribution in [1.82, 2.24) is 18.8 Å². The van der Waals surface area contributed by atoms with Gasteiger partial charge in [0.05, 0.1) is 4.90 Å². The first kappa shape index (κ1) is 30.5. The van der Waals surface area contributed by atoms with Gasteiger partial charge in [-0.3, -0.25) is 4.79 Å². The van der Waals surface area contributed by atoms with Gasteiger partial charge in [-0.25, -0.2) is 17.4 Å². The molecule has 2 fully saturated rings. The Morgan fingerprint density at radius 3 is 2.13 bits per heavy atom. The molecule has 0 spiro atoms. The highest BCUT2D eigenvalue weighted by Crippen LogP contribution is 2.37. The molecule has 46 heavy (non-hydrogen) atoms. The van der Waals surface area contributed by atoms with Crippen LogP contribution in [-0.4, -0.2) is 73.2 Å². The fourth-order valence-corrected chi connectivity index (χ4v) is 8.35. The third-order valence-electron chi connectivity index (χ3n) is 9.87. The first-order valence-electron chi connectivity index (χ1n) is 16.0. The van der Waals surface area contributed by atoms with Crippen LogP contribution in [0.25, 0.3) is 33.3 Å². The normalized spacial score (nSPS) is 17.0. The van der Waals surface area contributed by atoms with Gasteiger partial charge in [-0.15, -0.1) is 0 Å². The van der Waals surface area contributed by atoms with E-state index in [0.717, 1.165) is 59.4 Å². The van der Waals surface area contributed by atoms with Crippen molar-refractivity contribution >= 4 is 26.8 Å². The zero-order chi connectivity index (χ0) is 32.2. The number of benzene rings is 3. The maximum absolute atomic E-state index is 14.0. The zero-order valence-electron chi connectivity index (χ0n) is 26.9. The van der Waals surface area contributed by atoms with Crippen molar-refractivity contribution in [3.8, 4) is 22.3 Å². The number of likely N-dealkylation sites (tertiary alicyclic amines) is 2. The highest BCUT2D eigenvalue weighted by Gasteiger charge is 2.31. The average Bonchev–Trinajstić information content (AvgIpc) is 3.43. The Kier molecular flexibility index (Phi) is 7.91. The molecule has 2 aliphatic heterocycles. The number of aryl methyl sites for hydroxylation is 2. The van der Waals surface area contributed by atoms with Crippen molar-refractivity contribution in [1.29, 1.82) is 0 Å². The van der Waals surface area contributed by atoms with Crippen LogP contribution in [0.4, 0.5) is 0 Å². The summed E-state index contributed by atoms with van der Waals surface area (Å²) in [4.78, 5) is 22.5. The van der Waals surface area contributed by atoms with Gasteiger partial charge >= 0.3 is 0 Å². The number of nitrogens with zero attached hydrogens (tertiary/aromatic N) is 4. The summed E-state index contributed by atoms with van der Waals surface area (Å²) in [6.45, 7) is 7.90. The molecule has 2 aromatic heterocycles. The fraction of sp³-hybridized carbons (Fsp3) is 0.316.